The van der Waals surface area contributed by atoms with Gasteiger partial charge in [-0.3, -0.25) is 14.4 Å². The van der Waals surface area contributed by atoms with Crippen molar-refractivity contribution in [1.29, 1.82) is 0 Å². The summed E-state index contributed by atoms with van der Waals surface area (Å²) in [4.78, 5) is 34.5. The van der Waals surface area contributed by atoms with E-state index >= 15 is 0 Å². The van der Waals surface area contributed by atoms with E-state index in [0.717, 1.165) is 29.7 Å². The molecule has 0 bridgehead atoms. The molecule has 1 aliphatic rings. The lowest BCUT2D eigenvalue weighted by Crippen LogP contribution is -2.32. The molecule has 7 heteroatoms. The summed E-state index contributed by atoms with van der Waals surface area (Å²) in [7, 11) is 0. The summed E-state index contributed by atoms with van der Waals surface area (Å²) in [5.74, 6) is -1.98. The highest BCUT2D eigenvalue weighted by Crippen LogP contribution is 2.42. The Morgan fingerprint density at radius 3 is 2.68 bits per heavy atom. The van der Waals surface area contributed by atoms with E-state index < -0.39 is 34.5 Å². The van der Waals surface area contributed by atoms with Crippen LogP contribution in [0, 0.1) is 0 Å². The smallest absolute Gasteiger partial charge is 0.322 e. The largest absolute Gasteiger partial charge is 0.506 e. The SMILES string of the molecule is O=C(O)CNC(=O)c1c(O)c2ccc(C3CC3)cc2sc1=O. The van der Waals surface area contributed by atoms with Crippen molar-refractivity contribution in [3.05, 3.63) is 38.9 Å². The number of nitrogens with one attached hydrogen (secondary N) is 1. The predicted molar refractivity (Wildman–Crippen MR) is 81.7 cm³/mol. The summed E-state index contributed by atoms with van der Waals surface area (Å²) in [6.07, 6.45) is 2.25. The van der Waals surface area contributed by atoms with Gasteiger partial charge in [0.25, 0.3) is 5.91 Å². The first-order valence-electron chi connectivity index (χ1n) is 6.77. The molecular weight excluding hydrogens is 306 g/mol. The number of carboxylic acid groups (broad SMARTS) is 1. The summed E-state index contributed by atoms with van der Waals surface area (Å²) in [6, 6.07) is 5.45. The molecular formula is C15H13NO5S. The molecule has 0 atom stereocenters. The Bertz CT molecular complexity index is 838. The number of hydrogen-bond acceptors (Lipinski definition) is 5. The summed E-state index contributed by atoms with van der Waals surface area (Å²) in [5, 5.41) is 21.3. The number of hydrogen-bond donors (Lipinski definition) is 3. The molecule has 6 nitrogen and oxygen atoms in total. The lowest BCUT2D eigenvalue weighted by molar-refractivity contribution is -0.135. The van der Waals surface area contributed by atoms with Gasteiger partial charge < -0.3 is 15.5 Å². The Labute approximate surface area is 129 Å². The van der Waals surface area contributed by atoms with Crippen molar-refractivity contribution in [3.8, 4) is 5.75 Å². The molecule has 2 aromatic rings. The first kappa shape index (κ1) is 14.5. The third-order valence-electron chi connectivity index (χ3n) is 3.58. The van der Waals surface area contributed by atoms with E-state index in [2.05, 4.69) is 5.32 Å². The zero-order valence-corrected chi connectivity index (χ0v) is 12.3. The van der Waals surface area contributed by atoms with E-state index in [4.69, 9.17) is 5.11 Å². The topological polar surface area (TPSA) is 104 Å². The average Bonchev–Trinajstić information content (AvgIpc) is 3.29. The van der Waals surface area contributed by atoms with Crippen LogP contribution in [0.15, 0.2) is 23.0 Å². The number of benzene rings is 1. The van der Waals surface area contributed by atoms with Crippen molar-refractivity contribution >= 4 is 33.3 Å². The molecule has 114 valence electrons. The number of aliphatic carboxylic acids is 1. The minimum absolute atomic E-state index is 0.399. The van der Waals surface area contributed by atoms with Crippen LogP contribution in [0.4, 0.5) is 0 Å². The predicted octanol–water partition coefficient (Wildman–Crippen LogP) is 1.66. The van der Waals surface area contributed by atoms with Gasteiger partial charge in [-0.05, 0) is 36.5 Å². The van der Waals surface area contributed by atoms with Gasteiger partial charge in [-0.15, -0.1) is 0 Å². The van der Waals surface area contributed by atoms with Gasteiger partial charge >= 0.3 is 5.97 Å². The first-order valence-corrected chi connectivity index (χ1v) is 7.58. The fourth-order valence-electron chi connectivity index (χ4n) is 2.32. The maximum absolute atomic E-state index is 12.1. The van der Waals surface area contributed by atoms with Crippen LogP contribution in [0.5, 0.6) is 5.75 Å². The molecule has 0 spiro atoms. The maximum atomic E-state index is 12.1. The third-order valence-corrected chi connectivity index (χ3v) is 4.53. The molecule has 22 heavy (non-hydrogen) atoms. The van der Waals surface area contributed by atoms with Gasteiger partial charge in [0.2, 0.25) is 4.74 Å². The van der Waals surface area contributed by atoms with Crippen LogP contribution >= 0.6 is 11.3 Å². The fraction of sp³-hybridized carbons (Fsp3) is 0.267. The van der Waals surface area contributed by atoms with Gasteiger partial charge in [-0.1, -0.05) is 17.4 Å². The molecule has 1 aliphatic carbocycles. The Balaban J connectivity index is 2.04. The highest BCUT2D eigenvalue weighted by molar-refractivity contribution is 7.16. The van der Waals surface area contributed by atoms with E-state index in [0.29, 0.717) is 16.0 Å². The zero-order valence-electron chi connectivity index (χ0n) is 11.5. The zero-order chi connectivity index (χ0) is 15.9. The summed E-state index contributed by atoms with van der Waals surface area (Å²) in [6.45, 7) is -0.610. The van der Waals surface area contributed by atoms with Crippen LogP contribution in [-0.4, -0.2) is 28.6 Å². The highest BCUT2D eigenvalue weighted by atomic mass is 32.1. The summed E-state index contributed by atoms with van der Waals surface area (Å²) < 4.78 is 0.0440. The molecule has 3 rings (SSSR count). The maximum Gasteiger partial charge on any atom is 0.322 e. The number of carbonyl (C=O) groups excluding carboxylic acids is 1. The Kier molecular flexibility index (Phi) is 3.58. The van der Waals surface area contributed by atoms with Crippen molar-refractivity contribution < 1.29 is 19.8 Å². The van der Waals surface area contributed by atoms with Crippen molar-refractivity contribution in [2.24, 2.45) is 0 Å². The molecule has 1 fully saturated rings. The minimum Gasteiger partial charge on any atom is -0.506 e. The molecule has 0 radical (unpaired) electrons. The lowest BCUT2D eigenvalue weighted by Gasteiger charge is -2.08. The Hall–Kier alpha value is -2.41. The van der Waals surface area contributed by atoms with Crippen LogP contribution in [0.1, 0.15) is 34.7 Å². The molecule has 0 saturated heterocycles. The van der Waals surface area contributed by atoms with Crippen molar-refractivity contribution in [2.75, 3.05) is 6.54 Å². The van der Waals surface area contributed by atoms with Crippen molar-refractivity contribution in [3.63, 3.8) is 0 Å². The third kappa shape index (κ3) is 2.67. The molecule has 1 aromatic heterocycles. The van der Waals surface area contributed by atoms with Crippen LogP contribution in [-0.2, 0) is 4.79 Å². The quantitative estimate of drug-likeness (QED) is 0.795. The molecule has 1 amide bonds. The number of carbonyl (C=O) groups is 2. The second-order valence-electron chi connectivity index (χ2n) is 5.22. The van der Waals surface area contributed by atoms with Gasteiger partial charge in [0.05, 0.1) is 0 Å². The van der Waals surface area contributed by atoms with E-state index in [1.54, 1.807) is 6.07 Å². The number of carboxylic acids is 1. The second-order valence-corrected chi connectivity index (χ2v) is 6.23. The van der Waals surface area contributed by atoms with Crippen molar-refractivity contribution in [1.82, 2.24) is 5.32 Å². The lowest BCUT2D eigenvalue weighted by atomic mass is 10.1. The standard InChI is InChI=1S/C15H13NO5S/c17-11(18)6-16-14(20)12-13(19)9-4-3-8(7-1-2-7)5-10(9)22-15(12)21/h3-5,7,19H,1-2,6H2,(H,16,20)(H,17,18). The van der Waals surface area contributed by atoms with Crippen LogP contribution in [0.2, 0.25) is 0 Å². The number of amides is 1. The van der Waals surface area contributed by atoms with Crippen LogP contribution in [0.3, 0.4) is 0 Å². The minimum atomic E-state index is -1.22. The highest BCUT2D eigenvalue weighted by Gasteiger charge is 2.25. The van der Waals surface area contributed by atoms with Gasteiger partial charge in [0.15, 0.2) is 0 Å². The molecule has 1 saturated carbocycles. The molecule has 0 aliphatic heterocycles. The monoisotopic (exact) mass is 319 g/mol. The molecule has 0 unspecified atom stereocenters. The van der Waals surface area contributed by atoms with E-state index in [9.17, 15) is 19.5 Å². The Morgan fingerprint density at radius 1 is 1.32 bits per heavy atom. The summed E-state index contributed by atoms with van der Waals surface area (Å²) >= 11 is 0.881. The molecule has 3 N–H and O–H groups in total. The molecule has 1 heterocycles. The average molecular weight is 319 g/mol. The van der Waals surface area contributed by atoms with Gasteiger partial charge in [-0.2, -0.15) is 0 Å². The van der Waals surface area contributed by atoms with Gasteiger partial charge in [0.1, 0.15) is 17.9 Å². The van der Waals surface area contributed by atoms with E-state index in [1.807, 2.05) is 12.1 Å². The second kappa shape index (κ2) is 5.42. The van der Waals surface area contributed by atoms with Crippen LogP contribution < -0.4 is 10.1 Å². The van der Waals surface area contributed by atoms with Crippen LogP contribution in [0.25, 0.3) is 10.1 Å². The van der Waals surface area contributed by atoms with Gasteiger partial charge in [0, 0.05) is 10.1 Å². The van der Waals surface area contributed by atoms with E-state index in [1.165, 1.54) is 0 Å². The first-order chi connectivity index (χ1) is 10.5. The number of fused-ring (bicyclic) bond motifs is 1. The number of aromatic hydroxyl groups is 1. The number of rotatable bonds is 4. The van der Waals surface area contributed by atoms with E-state index in [-0.39, 0.29) is 0 Å². The van der Waals surface area contributed by atoms with Gasteiger partial charge in [-0.25, -0.2) is 0 Å². The Morgan fingerprint density at radius 2 is 2.05 bits per heavy atom. The van der Waals surface area contributed by atoms with Crippen molar-refractivity contribution in [2.45, 2.75) is 18.8 Å². The fourth-order valence-corrected chi connectivity index (χ4v) is 3.28. The normalized spacial score (nSPS) is 14.0. The summed E-state index contributed by atoms with van der Waals surface area (Å²) in [5.41, 5.74) is 0.726. The molecule has 1 aromatic carbocycles.